The Bertz CT molecular complexity index is 166. The van der Waals surface area contributed by atoms with Crippen molar-refractivity contribution in [2.75, 3.05) is 0 Å². The van der Waals surface area contributed by atoms with Crippen molar-refractivity contribution < 1.29 is 1.43 Å². The zero-order valence-corrected chi connectivity index (χ0v) is 27.2. The molecule has 0 saturated heterocycles. The third-order valence-corrected chi connectivity index (χ3v) is 90.6. The molecule has 0 rings (SSSR count). The van der Waals surface area contributed by atoms with Crippen LogP contribution < -0.4 is 0 Å². The summed E-state index contributed by atoms with van der Waals surface area (Å²) in [6.07, 6.45) is 0. The molecule has 0 bridgehead atoms. The van der Waals surface area contributed by atoms with Crippen LogP contribution in [0.2, 0.25) is 4.68 Å². The standard InChI is InChI=1S/CH3.3In.H2N2.Se3.H2Se.H2.4H/c;;;;1-2;1-3-2;;;;;;/h1H3;;;;1-2H;;1H2;1H;;;;. The molecule has 0 radical (unpaired) electrons. The summed E-state index contributed by atoms with van der Waals surface area (Å²) in [6, 6.07) is 0. The van der Waals surface area contributed by atoms with Gasteiger partial charge in [0.15, 0.2) is 0 Å². The predicted octanol–water partition coefficient (Wildman–Crippen LogP) is -2.85. The van der Waals surface area contributed by atoms with Crippen LogP contribution in [0.4, 0.5) is 0 Å². The number of hydrogen-bond donors (Lipinski definition) is 2. The molecule has 2 N–H and O–H groups in total. The molecule has 0 aliphatic rings. The summed E-state index contributed by atoms with van der Waals surface area (Å²) in [5, 5.41) is 0. The Morgan fingerprint density at radius 3 is 1.60 bits per heavy atom. The Morgan fingerprint density at radius 2 is 1.60 bits per heavy atom. The Labute approximate surface area is 125 Å². The van der Waals surface area contributed by atoms with Gasteiger partial charge in [-0.05, 0) is 0 Å². The van der Waals surface area contributed by atoms with Gasteiger partial charge in [0.1, 0.15) is 0 Å². The molecule has 0 atom stereocenters. The van der Waals surface area contributed by atoms with Crippen LogP contribution in [0.5, 0.6) is 0 Å². The summed E-state index contributed by atoms with van der Waals surface area (Å²) in [7, 11) is 1.03. The fraction of sp³-hybridized carbons (Fsp3) is 1.00. The van der Waals surface area contributed by atoms with Crippen LogP contribution in [0.15, 0.2) is 0 Å². The van der Waals surface area contributed by atoms with Gasteiger partial charge in [0.05, 0.1) is 0 Å². The SMILES string of the molecule is N=N.[CH3][InH2].[HH].[SeH2].[Se]=[Se]=[Se](=[InH])=[InH]. The molecule has 0 aromatic rings. The van der Waals surface area contributed by atoms with E-state index in [9.17, 15) is 0 Å². The summed E-state index contributed by atoms with van der Waals surface area (Å²) >= 11 is 6.85. The average molecular weight is 713 g/mol. The van der Waals surface area contributed by atoms with E-state index in [1.807, 2.05) is 0 Å². The van der Waals surface area contributed by atoms with E-state index in [1.54, 1.807) is 0 Å². The van der Waals surface area contributed by atoms with Gasteiger partial charge in [-0.15, -0.1) is 0 Å². The van der Waals surface area contributed by atoms with Gasteiger partial charge in [-0.3, -0.25) is 0 Å². The van der Waals surface area contributed by atoms with Crippen molar-refractivity contribution in [2.45, 2.75) is 4.68 Å². The summed E-state index contributed by atoms with van der Waals surface area (Å²) in [6.45, 7) is 0. The van der Waals surface area contributed by atoms with Crippen molar-refractivity contribution >= 4 is 111 Å². The molecule has 0 heterocycles. The number of rotatable bonds is 0. The van der Waals surface area contributed by atoms with E-state index in [0.717, 1.165) is 34.6 Å². The van der Waals surface area contributed by atoms with E-state index in [-0.39, 0.29) is 18.5 Å². The van der Waals surface area contributed by atoms with Crippen LogP contribution >= 0.6 is 0 Å². The van der Waals surface area contributed by atoms with Gasteiger partial charge < -0.3 is 0 Å². The van der Waals surface area contributed by atoms with Crippen molar-refractivity contribution in [1.82, 2.24) is 0 Å². The topological polar surface area (TPSA) is 47.7 Å². The van der Waals surface area contributed by atoms with E-state index in [0.29, 0.717) is 3.10 Å². The Kier molecular flexibility index (Phi) is 69.6. The summed E-state index contributed by atoms with van der Waals surface area (Å²) in [5.41, 5.74) is 10.0. The first kappa shape index (κ1) is 23.8. The first-order valence-corrected chi connectivity index (χ1v) is 36.1. The Balaban J connectivity index is -0.0000000178. The van der Waals surface area contributed by atoms with Crippen molar-refractivity contribution in [3.63, 3.8) is 0 Å². The molecule has 0 spiro atoms. The van der Waals surface area contributed by atoms with Crippen molar-refractivity contribution in [2.24, 2.45) is 0 Å². The molecule has 60 valence electrons. The van der Waals surface area contributed by atoms with Crippen molar-refractivity contribution in [1.29, 1.82) is 11.1 Å². The maximum atomic E-state index is 5.00. The zero-order valence-electron chi connectivity index (χ0n) is 6.14. The van der Waals surface area contributed by atoms with Gasteiger partial charge in [0, 0.05) is 1.43 Å². The summed E-state index contributed by atoms with van der Waals surface area (Å²) < 4.78 is 2.51. The second-order valence-corrected chi connectivity index (χ2v) is 100.0. The molecule has 10 heavy (non-hydrogen) atoms. The number of hydrogen-bond acceptors (Lipinski definition) is 2. The van der Waals surface area contributed by atoms with Gasteiger partial charge in [-0.1, -0.05) is 0 Å². The molecule has 0 aliphatic heterocycles. The van der Waals surface area contributed by atoms with Crippen molar-refractivity contribution in [3.05, 3.63) is 0 Å². The van der Waals surface area contributed by atoms with Gasteiger partial charge in [-0.25, -0.2) is 11.1 Å². The zero-order chi connectivity index (χ0) is 8.28. The molecule has 0 saturated carbocycles. The maximum absolute atomic E-state index is 5.00. The van der Waals surface area contributed by atoms with Crippen LogP contribution in [0, 0.1) is 11.1 Å². The van der Waals surface area contributed by atoms with Gasteiger partial charge in [-0.2, -0.15) is 0 Å². The molecule has 2 nitrogen and oxygen atoms in total. The quantitative estimate of drug-likeness (QED) is 0.201. The molecule has 0 fully saturated rings. The first-order valence-electron chi connectivity index (χ1n) is 2.16. The van der Waals surface area contributed by atoms with Gasteiger partial charge >= 0.3 is 116 Å². The van der Waals surface area contributed by atoms with Crippen LogP contribution in [-0.4, -0.2) is 111 Å². The number of nitrogens with one attached hydrogen (secondary N) is 2. The fourth-order valence-electron chi connectivity index (χ4n) is 0. The molecule has 9 heteroatoms. The average Bonchev–Trinajstić information content (AvgIpc) is 1.97. The first-order chi connectivity index (χ1) is 4.27. The minimum atomic E-state index is 0. The normalized spacial score (nSPS) is 3.90. The molecule has 0 amide bonds. The Morgan fingerprint density at radius 1 is 1.50 bits per heavy atom. The van der Waals surface area contributed by atoms with E-state index in [2.05, 4.69) is 18.3 Å². The molecular weight excluding hydrogens is 700 g/mol. The van der Waals surface area contributed by atoms with E-state index in [4.69, 9.17) is 11.1 Å². The third-order valence-electron chi connectivity index (χ3n) is 0.0962. The molecule has 0 aliphatic carbocycles. The van der Waals surface area contributed by atoms with Crippen LogP contribution in [0.1, 0.15) is 1.43 Å². The predicted molar refractivity (Wildman–Crippen MR) is 62.1 cm³/mol. The second-order valence-electron chi connectivity index (χ2n) is 0.508. The molecule has 0 aromatic carbocycles. The fourth-order valence-corrected chi connectivity index (χ4v) is 0. The van der Waals surface area contributed by atoms with E-state index >= 15 is 0 Å². The van der Waals surface area contributed by atoms with Crippen LogP contribution in [-0.2, 0) is 0 Å². The third kappa shape index (κ3) is 39.6. The van der Waals surface area contributed by atoms with Crippen LogP contribution in [0.3, 0.4) is 0 Å². The summed E-state index contributed by atoms with van der Waals surface area (Å²) in [5.74, 6) is 0. The van der Waals surface area contributed by atoms with Crippen LogP contribution in [0.25, 0.3) is 0 Å². The summed E-state index contributed by atoms with van der Waals surface area (Å²) in [4.78, 5) is 0. The second kappa shape index (κ2) is 29.2. The van der Waals surface area contributed by atoms with E-state index in [1.165, 1.54) is 42.8 Å². The molecule has 0 unspecified atom stereocenters. The Hall–Kier alpha value is 4.29. The van der Waals surface area contributed by atoms with Gasteiger partial charge in [0.2, 0.25) is 0 Å². The van der Waals surface area contributed by atoms with Gasteiger partial charge in [0.25, 0.3) is 0 Å². The molecule has 0 aromatic heterocycles. The minimum absolute atomic E-state index is 0. The molecular formula is CH13In3N2Se4. The van der Waals surface area contributed by atoms with E-state index < -0.39 is 0 Å². The monoisotopic (exact) mass is 717 g/mol. The van der Waals surface area contributed by atoms with Crippen molar-refractivity contribution in [3.8, 4) is 0 Å².